The molecule has 9 heteroatoms. The van der Waals surface area contributed by atoms with E-state index in [1.54, 1.807) is 48.5 Å². The van der Waals surface area contributed by atoms with E-state index in [1.807, 2.05) is 12.1 Å². The molecule has 0 fully saturated rings. The SMILES string of the molecule is N#Cc1cc(C(=O)Nc2ccccc2)c(N)nc1SCC(=O)Nc1ccccc1Cl. The molecule has 2 amide bonds. The lowest BCUT2D eigenvalue weighted by Crippen LogP contribution is -2.17. The minimum atomic E-state index is -0.476. The number of hydrogen-bond donors (Lipinski definition) is 3. The number of carbonyl (C=O) groups excluding carboxylic acids is 2. The van der Waals surface area contributed by atoms with Crippen LogP contribution in [0.4, 0.5) is 17.2 Å². The Hall–Kier alpha value is -3.54. The molecule has 0 bridgehead atoms. The number of anilines is 3. The summed E-state index contributed by atoms with van der Waals surface area (Å²) in [5, 5.41) is 15.5. The molecule has 150 valence electrons. The van der Waals surface area contributed by atoms with Gasteiger partial charge < -0.3 is 16.4 Å². The molecule has 4 N–H and O–H groups in total. The summed E-state index contributed by atoms with van der Waals surface area (Å²) in [5.74, 6) is -0.836. The van der Waals surface area contributed by atoms with Crippen LogP contribution in [0.1, 0.15) is 15.9 Å². The fraction of sp³-hybridized carbons (Fsp3) is 0.0476. The van der Waals surface area contributed by atoms with Crippen molar-refractivity contribution in [3.8, 4) is 6.07 Å². The molecule has 0 saturated carbocycles. The second kappa shape index (κ2) is 9.78. The normalized spacial score (nSPS) is 10.1. The fourth-order valence-corrected chi connectivity index (χ4v) is 3.43. The van der Waals surface area contributed by atoms with Crippen molar-refractivity contribution in [2.45, 2.75) is 5.03 Å². The summed E-state index contributed by atoms with van der Waals surface area (Å²) < 4.78 is 0. The molecule has 3 aromatic rings. The highest BCUT2D eigenvalue weighted by atomic mass is 35.5. The van der Waals surface area contributed by atoms with Gasteiger partial charge in [-0.3, -0.25) is 9.59 Å². The Bertz CT molecular complexity index is 1130. The molecule has 0 spiro atoms. The summed E-state index contributed by atoms with van der Waals surface area (Å²) in [4.78, 5) is 28.9. The van der Waals surface area contributed by atoms with E-state index in [0.717, 1.165) is 11.8 Å². The number of amides is 2. The van der Waals surface area contributed by atoms with Gasteiger partial charge in [0.1, 0.15) is 16.9 Å². The number of aromatic nitrogens is 1. The topological polar surface area (TPSA) is 121 Å². The van der Waals surface area contributed by atoms with Crippen molar-refractivity contribution in [2.75, 3.05) is 22.1 Å². The van der Waals surface area contributed by atoms with Crippen LogP contribution in [0.2, 0.25) is 5.02 Å². The van der Waals surface area contributed by atoms with Gasteiger partial charge in [0.25, 0.3) is 5.91 Å². The Morgan fingerprint density at radius 3 is 2.50 bits per heavy atom. The molecule has 0 saturated heterocycles. The number of nitrogen functional groups attached to an aromatic ring is 1. The fourth-order valence-electron chi connectivity index (χ4n) is 2.48. The molecule has 0 atom stereocenters. The number of nitriles is 1. The molecule has 3 rings (SSSR count). The number of rotatable bonds is 6. The van der Waals surface area contributed by atoms with Crippen molar-refractivity contribution in [3.63, 3.8) is 0 Å². The van der Waals surface area contributed by atoms with Crippen molar-refractivity contribution in [3.05, 3.63) is 76.8 Å². The number of nitrogens with one attached hydrogen (secondary N) is 2. The Morgan fingerprint density at radius 2 is 1.80 bits per heavy atom. The summed E-state index contributed by atoms with van der Waals surface area (Å²) in [5.41, 5.74) is 7.26. The molecule has 2 aromatic carbocycles. The molecule has 1 aromatic heterocycles. The zero-order chi connectivity index (χ0) is 21.5. The maximum Gasteiger partial charge on any atom is 0.259 e. The first kappa shape index (κ1) is 21.2. The highest BCUT2D eigenvalue weighted by Crippen LogP contribution is 2.26. The maximum absolute atomic E-state index is 12.5. The molecular formula is C21H16ClN5O2S. The predicted octanol–water partition coefficient (Wildman–Crippen LogP) is 4.17. The van der Waals surface area contributed by atoms with Crippen LogP contribution >= 0.6 is 23.4 Å². The Morgan fingerprint density at radius 1 is 1.10 bits per heavy atom. The zero-order valence-electron chi connectivity index (χ0n) is 15.6. The molecule has 0 radical (unpaired) electrons. The van der Waals surface area contributed by atoms with Gasteiger partial charge in [0, 0.05) is 5.69 Å². The van der Waals surface area contributed by atoms with Gasteiger partial charge >= 0.3 is 0 Å². The summed E-state index contributed by atoms with van der Waals surface area (Å²) in [6.07, 6.45) is 0. The molecule has 0 aliphatic rings. The van der Waals surface area contributed by atoms with E-state index in [0.29, 0.717) is 16.4 Å². The zero-order valence-corrected chi connectivity index (χ0v) is 17.1. The van der Waals surface area contributed by atoms with Crippen LogP contribution in [0, 0.1) is 11.3 Å². The Labute approximate surface area is 182 Å². The third-order valence-corrected chi connectivity index (χ3v) is 5.22. The van der Waals surface area contributed by atoms with Gasteiger partial charge in [-0.25, -0.2) is 4.98 Å². The van der Waals surface area contributed by atoms with E-state index in [1.165, 1.54) is 6.07 Å². The van der Waals surface area contributed by atoms with Gasteiger partial charge in [0.15, 0.2) is 0 Å². The van der Waals surface area contributed by atoms with Crippen LogP contribution in [0.5, 0.6) is 0 Å². The highest BCUT2D eigenvalue weighted by Gasteiger charge is 2.17. The number of pyridine rings is 1. The largest absolute Gasteiger partial charge is 0.383 e. The first-order chi connectivity index (χ1) is 14.5. The van der Waals surface area contributed by atoms with Gasteiger partial charge in [0.2, 0.25) is 5.91 Å². The first-order valence-corrected chi connectivity index (χ1v) is 10.1. The van der Waals surface area contributed by atoms with Crippen LogP contribution < -0.4 is 16.4 Å². The lowest BCUT2D eigenvalue weighted by Gasteiger charge is -2.10. The highest BCUT2D eigenvalue weighted by molar-refractivity contribution is 8.00. The van der Waals surface area contributed by atoms with E-state index in [4.69, 9.17) is 17.3 Å². The standard InChI is InChI=1S/C21H16ClN5O2S/c22-16-8-4-5-9-17(16)26-18(28)12-30-21-13(11-23)10-15(19(24)27-21)20(29)25-14-6-2-1-3-7-14/h1-10H,12H2,(H2,24,27)(H,25,29)(H,26,28). The Kier molecular flexibility index (Phi) is 6.91. The van der Waals surface area contributed by atoms with E-state index < -0.39 is 5.91 Å². The summed E-state index contributed by atoms with van der Waals surface area (Å²) in [6, 6.07) is 19.1. The Balaban J connectivity index is 1.71. The average Bonchev–Trinajstić information content (AvgIpc) is 2.74. The van der Waals surface area contributed by atoms with Crippen LogP contribution in [0.25, 0.3) is 0 Å². The quantitative estimate of drug-likeness (QED) is 0.497. The number of nitrogens with two attached hydrogens (primary N) is 1. The van der Waals surface area contributed by atoms with Crippen LogP contribution in [0.3, 0.4) is 0 Å². The second-order valence-electron chi connectivity index (χ2n) is 6.02. The molecule has 7 nitrogen and oxygen atoms in total. The smallest absolute Gasteiger partial charge is 0.259 e. The minimum absolute atomic E-state index is 0.0120. The lowest BCUT2D eigenvalue weighted by atomic mass is 10.2. The van der Waals surface area contributed by atoms with Gasteiger partial charge in [-0.15, -0.1) is 0 Å². The van der Waals surface area contributed by atoms with Gasteiger partial charge in [-0.05, 0) is 30.3 Å². The van der Waals surface area contributed by atoms with Crippen LogP contribution in [-0.2, 0) is 4.79 Å². The predicted molar refractivity (Wildman–Crippen MR) is 119 cm³/mol. The van der Waals surface area contributed by atoms with Crippen LogP contribution in [0.15, 0.2) is 65.7 Å². The van der Waals surface area contributed by atoms with Gasteiger partial charge in [-0.1, -0.05) is 53.7 Å². The second-order valence-corrected chi connectivity index (χ2v) is 7.39. The minimum Gasteiger partial charge on any atom is -0.383 e. The van der Waals surface area contributed by atoms with E-state index in [9.17, 15) is 14.9 Å². The van der Waals surface area contributed by atoms with E-state index in [2.05, 4.69) is 15.6 Å². The van der Waals surface area contributed by atoms with Crippen molar-refractivity contribution < 1.29 is 9.59 Å². The number of para-hydroxylation sites is 2. The lowest BCUT2D eigenvalue weighted by molar-refractivity contribution is -0.113. The molecule has 0 unspecified atom stereocenters. The number of benzene rings is 2. The van der Waals surface area contributed by atoms with E-state index in [-0.39, 0.29) is 33.6 Å². The number of nitrogens with zero attached hydrogens (tertiary/aromatic N) is 2. The van der Waals surface area contributed by atoms with E-state index >= 15 is 0 Å². The first-order valence-electron chi connectivity index (χ1n) is 8.72. The van der Waals surface area contributed by atoms with Crippen LogP contribution in [-0.4, -0.2) is 22.6 Å². The molecule has 30 heavy (non-hydrogen) atoms. The molecular weight excluding hydrogens is 422 g/mol. The van der Waals surface area contributed by atoms with Crippen molar-refractivity contribution in [2.24, 2.45) is 0 Å². The summed E-state index contributed by atoms with van der Waals surface area (Å²) >= 11 is 7.07. The van der Waals surface area contributed by atoms with Crippen molar-refractivity contribution in [1.82, 2.24) is 4.98 Å². The van der Waals surface area contributed by atoms with Crippen molar-refractivity contribution >= 4 is 52.4 Å². The number of thioether (sulfide) groups is 1. The summed E-state index contributed by atoms with van der Waals surface area (Å²) in [7, 11) is 0. The molecule has 1 heterocycles. The number of halogens is 1. The summed E-state index contributed by atoms with van der Waals surface area (Å²) in [6.45, 7) is 0. The number of carbonyl (C=O) groups is 2. The van der Waals surface area contributed by atoms with Gasteiger partial charge in [-0.2, -0.15) is 5.26 Å². The monoisotopic (exact) mass is 437 g/mol. The third-order valence-electron chi connectivity index (χ3n) is 3.90. The van der Waals surface area contributed by atoms with Gasteiger partial charge in [0.05, 0.1) is 27.6 Å². The third kappa shape index (κ3) is 5.29. The maximum atomic E-state index is 12.5. The number of hydrogen-bond acceptors (Lipinski definition) is 6. The van der Waals surface area contributed by atoms with Crippen molar-refractivity contribution in [1.29, 1.82) is 5.26 Å². The molecule has 0 aliphatic heterocycles. The molecule has 0 aliphatic carbocycles. The average molecular weight is 438 g/mol.